The molecule has 6 nitrogen and oxygen atoms in total. The molecule has 2 aromatic rings. The van der Waals surface area contributed by atoms with E-state index in [0.29, 0.717) is 5.13 Å². The van der Waals surface area contributed by atoms with Gasteiger partial charge in [-0.2, -0.15) is 0 Å². The Balaban J connectivity index is 2.18. The summed E-state index contributed by atoms with van der Waals surface area (Å²) in [5.74, 6) is -0.298. The van der Waals surface area contributed by atoms with Gasteiger partial charge in [0.15, 0.2) is 16.6 Å². The number of nitrogen functional groups attached to an aromatic ring is 1. The molecular weight excluding hydrogens is 226 g/mol. The van der Waals surface area contributed by atoms with Crippen LogP contribution in [0.15, 0.2) is 17.8 Å². The first-order valence-corrected chi connectivity index (χ1v) is 5.35. The Hall–Kier alpha value is -2.02. The van der Waals surface area contributed by atoms with E-state index >= 15 is 0 Å². The maximum Gasteiger partial charge on any atom is 0.279 e. The first kappa shape index (κ1) is 10.5. The second-order valence-electron chi connectivity index (χ2n) is 3.04. The highest BCUT2D eigenvalue weighted by molar-refractivity contribution is 7.13. The average Bonchev–Trinajstić information content (AvgIpc) is 2.64. The minimum atomic E-state index is -0.403. The highest BCUT2D eigenvalue weighted by atomic mass is 32.1. The van der Waals surface area contributed by atoms with Crippen LogP contribution in [-0.2, 0) is 0 Å². The number of nitrogens with zero attached hydrogens (tertiary/aromatic N) is 3. The molecule has 0 unspecified atom stereocenters. The summed E-state index contributed by atoms with van der Waals surface area (Å²) in [6.45, 7) is 1.85. The summed E-state index contributed by atoms with van der Waals surface area (Å²) in [4.78, 5) is 23.5. The van der Waals surface area contributed by atoms with Gasteiger partial charge in [-0.15, -0.1) is 11.3 Å². The normalized spacial score (nSPS) is 10.1. The van der Waals surface area contributed by atoms with Crippen molar-refractivity contribution in [3.8, 4) is 0 Å². The zero-order valence-corrected chi connectivity index (χ0v) is 9.28. The van der Waals surface area contributed by atoms with Crippen LogP contribution in [0.1, 0.15) is 16.2 Å². The van der Waals surface area contributed by atoms with E-state index in [1.54, 1.807) is 0 Å². The van der Waals surface area contributed by atoms with Crippen LogP contribution in [0.3, 0.4) is 0 Å². The summed E-state index contributed by atoms with van der Waals surface area (Å²) in [5, 5.41) is 4.97. The SMILES string of the molecule is Cc1csc(NC(=O)c2nccnc2N)n1. The van der Waals surface area contributed by atoms with E-state index in [0.717, 1.165) is 5.69 Å². The molecule has 0 saturated carbocycles. The average molecular weight is 235 g/mol. The molecule has 0 aromatic carbocycles. The summed E-state index contributed by atoms with van der Waals surface area (Å²) < 4.78 is 0. The third-order valence-electron chi connectivity index (χ3n) is 1.78. The summed E-state index contributed by atoms with van der Waals surface area (Å²) in [6.07, 6.45) is 2.85. The third-order valence-corrected chi connectivity index (χ3v) is 2.66. The lowest BCUT2D eigenvalue weighted by Crippen LogP contribution is -2.16. The monoisotopic (exact) mass is 235 g/mol. The molecule has 82 valence electrons. The van der Waals surface area contributed by atoms with Crippen molar-refractivity contribution < 1.29 is 4.79 Å². The molecule has 2 aromatic heterocycles. The van der Waals surface area contributed by atoms with Crippen LogP contribution in [0.25, 0.3) is 0 Å². The number of nitrogens with two attached hydrogens (primary N) is 1. The van der Waals surface area contributed by atoms with Crippen LogP contribution in [0, 0.1) is 6.92 Å². The van der Waals surface area contributed by atoms with E-state index in [-0.39, 0.29) is 11.5 Å². The fourth-order valence-electron chi connectivity index (χ4n) is 1.09. The number of carbonyl (C=O) groups is 1. The highest BCUT2D eigenvalue weighted by Gasteiger charge is 2.13. The number of nitrogens with one attached hydrogen (secondary N) is 1. The van der Waals surface area contributed by atoms with E-state index in [4.69, 9.17) is 5.73 Å². The molecule has 0 aliphatic heterocycles. The molecule has 1 amide bonds. The largest absolute Gasteiger partial charge is 0.382 e. The van der Waals surface area contributed by atoms with Crippen molar-refractivity contribution in [2.75, 3.05) is 11.1 Å². The molecule has 0 aliphatic carbocycles. The summed E-state index contributed by atoms with van der Waals surface area (Å²) in [7, 11) is 0. The molecule has 7 heteroatoms. The Morgan fingerprint density at radius 3 is 2.81 bits per heavy atom. The van der Waals surface area contributed by atoms with Gasteiger partial charge in [-0.25, -0.2) is 15.0 Å². The van der Waals surface area contributed by atoms with Crippen molar-refractivity contribution >= 4 is 28.2 Å². The van der Waals surface area contributed by atoms with Crippen LogP contribution < -0.4 is 11.1 Å². The lowest BCUT2D eigenvalue weighted by molar-refractivity contribution is 0.102. The minimum Gasteiger partial charge on any atom is -0.382 e. The Morgan fingerprint density at radius 1 is 1.44 bits per heavy atom. The number of rotatable bonds is 2. The number of anilines is 2. The zero-order valence-electron chi connectivity index (χ0n) is 8.47. The molecule has 0 bridgehead atoms. The van der Waals surface area contributed by atoms with Crippen molar-refractivity contribution in [3.05, 3.63) is 29.2 Å². The van der Waals surface area contributed by atoms with Crippen LogP contribution >= 0.6 is 11.3 Å². The fraction of sp³-hybridized carbons (Fsp3) is 0.111. The molecule has 2 heterocycles. The van der Waals surface area contributed by atoms with Crippen LogP contribution in [0.5, 0.6) is 0 Å². The van der Waals surface area contributed by atoms with Gasteiger partial charge in [0, 0.05) is 17.8 Å². The predicted molar refractivity (Wildman–Crippen MR) is 61.2 cm³/mol. The molecule has 3 N–H and O–H groups in total. The lowest BCUT2D eigenvalue weighted by Gasteiger charge is -2.02. The second-order valence-corrected chi connectivity index (χ2v) is 3.90. The Morgan fingerprint density at radius 2 is 2.19 bits per heavy atom. The molecular formula is C9H9N5OS. The van der Waals surface area contributed by atoms with Gasteiger partial charge in [-0.1, -0.05) is 0 Å². The summed E-state index contributed by atoms with van der Waals surface area (Å²) >= 11 is 1.35. The predicted octanol–water partition coefficient (Wildman–Crippen LogP) is 1.08. The number of thiazole rings is 1. The number of amides is 1. The van der Waals surface area contributed by atoms with Gasteiger partial charge in [-0.3, -0.25) is 10.1 Å². The maximum atomic E-state index is 11.7. The topological polar surface area (TPSA) is 93.8 Å². The standard InChI is InChI=1S/C9H9N5OS/c1-5-4-16-9(13-5)14-8(15)6-7(10)12-3-2-11-6/h2-4H,1H3,(H2,10,12)(H,13,14,15). The quantitative estimate of drug-likeness (QED) is 0.812. The fourth-order valence-corrected chi connectivity index (χ4v) is 1.77. The first-order valence-electron chi connectivity index (χ1n) is 4.47. The Labute approximate surface area is 95.6 Å². The van der Waals surface area contributed by atoms with Gasteiger partial charge >= 0.3 is 0 Å². The molecule has 0 atom stereocenters. The molecule has 0 fully saturated rings. The second kappa shape index (κ2) is 4.23. The van der Waals surface area contributed by atoms with E-state index in [1.807, 2.05) is 12.3 Å². The number of carbonyl (C=O) groups excluding carboxylic acids is 1. The van der Waals surface area contributed by atoms with Gasteiger partial charge < -0.3 is 5.73 Å². The number of aromatic nitrogens is 3. The Bertz CT molecular complexity index is 524. The minimum absolute atomic E-state index is 0.105. The molecule has 16 heavy (non-hydrogen) atoms. The van der Waals surface area contributed by atoms with Crippen molar-refractivity contribution in [2.45, 2.75) is 6.92 Å². The lowest BCUT2D eigenvalue weighted by atomic mass is 10.4. The molecule has 2 rings (SSSR count). The van der Waals surface area contributed by atoms with Gasteiger partial charge in [0.1, 0.15) is 0 Å². The number of aryl methyl sites for hydroxylation is 1. The highest BCUT2D eigenvalue weighted by Crippen LogP contribution is 2.15. The number of hydrogen-bond acceptors (Lipinski definition) is 6. The molecule has 0 aliphatic rings. The van der Waals surface area contributed by atoms with Gasteiger partial charge in [0.05, 0.1) is 5.69 Å². The smallest absolute Gasteiger partial charge is 0.279 e. The van der Waals surface area contributed by atoms with E-state index in [1.165, 1.54) is 23.7 Å². The summed E-state index contributed by atoms with van der Waals surface area (Å²) in [6, 6.07) is 0. The van der Waals surface area contributed by atoms with E-state index in [9.17, 15) is 4.79 Å². The molecule has 0 spiro atoms. The van der Waals surface area contributed by atoms with Crippen molar-refractivity contribution in [1.82, 2.24) is 15.0 Å². The molecule has 0 saturated heterocycles. The van der Waals surface area contributed by atoms with E-state index in [2.05, 4.69) is 20.3 Å². The first-order chi connectivity index (χ1) is 7.66. The van der Waals surface area contributed by atoms with Crippen LogP contribution in [-0.4, -0.2) is 20.9 Å². The molecule has 0 radical (unpaired) electrons. The maximum absolute atomic E-state index is 11.7. The Kier molecular flexibility index (Phi) is 2.78. The van der Waals surface area contributed by atoms with Crippen molar-refractivity contribution in [1.29, 1.82) is 0 Å². The van der Waals surface area contributed by atoms with Crippen molar-refractivity contribution in [3.63, 3.8) is 0 Å². The summed E-state index contributed by atoms with van der Waals surface area (Å²) in [5.41, 5.74) is 6.49. The zero-order chi connectivity index (χ0) is 11.5. The number of hydrogen-bond donors (Lipinski definition) is 2. The van der Waals surface area contributed by atoms with Gasteiger partial charge in [0.25, 0.3) is 5.91 Å². The van der Waals surface area contributed by atoms with E-state index < -0.39 is 5.91 Å². The van der Waals surface area contributed by atoms with Gasteiger partial charge in [-0.05, 0) is 6.92 Å². The van der Waals surface area contributed by atoms with Crippen LogP contribution in [0.4, 0.5) is 10.9 Å². The van der Waals surface area contributed by atoms with Gasteiger partial charge in [0.2, 0.25) is 0 Å². The van der Waals surface area contributed by atoms with Crippen molar-refractivity contribution in [2.24, 2.45) is 0 Å². The third kappa shape index (κ3) is 2.14. The van der Waals surface area contributed by atoms with Crippen LogP contribution in [0.2, 0.25) is 0 Å².